The third-order valence-electron chi connectivity index (χ3n) is 3.04. The van der Waals surface area contributed by atoms with Crippen LogP contribution in [0.3, 0.4) is 0 Å². The van der Waals surface area contributed by atoms with Gasteiger partial charge in [0.05, 0.1) is 0 Å². The average molecular weight is 315 g/mol. The van der Waals surface area contributed by atoms with Gasteiger partial charge in [-0.05, 0) is 32.8 Å². The largest absolute Gasteiger partial charge is 0.537 e. The zero-order chi connectivity index (χ0) is 15.0. The van der Waals surface area contributed by atoms with Crippen molar-refractivity contribution in [1.29, 1.82) is 0 Å². The molecule has 0 N–H and O–H groups in total. The van der Waals surface area contributed by atoms with Crippen LogP contribution >= 0.6 is 12.6 Å². The number of rotatable bonds is 9. The van der Waals surface area contributed by atoms with E-state index in [1.807, 2.05) is 32.9 Å². The Morgan fingerprint density at radius 3 is 1.90 bits per heavy atom. The summed E-state index contributed by atoms with van der Waals surface area (Å²) in [6.07, 6.45) is 0.953. The Morgan fingerprint density at radius 1 is 0.950 bits per heavy atom. The third kappa shape index (κ3) is 4.08. The molecule has 1 aromatic rings. The van der Waals surface area contributed by atoms with Crippen LogP contribution < -0.4 is 5.19 Å². The van der Waals surface area contributed by atoms with Crippen molar-refractivity contribution in [2.24, 2.45) is 0 Å². The predicted molar refractivity (Wildman–Crippen MR) is 88.7 cm³/mol. The molecule has 0 radical (unpaired) electrons. The summed E-state index contributed by atoms with van der Waals surface area (Å²) in [4.78, 5) is 0. The second kappa shape index (κ2) is 8.84. The first kappa shape index (κ1) is 17.7. The van der Waals surface area contributed by atoms with E-state index < -0.39 is 8.80 Å². The first-order chi connectivity index (χ1) is 9.65. The van der Waals surface area contributed by atoms with Gasteiger partial charge in [-0.1, -0.05) is 31.2 Å². The molecule has 1 rings (SSSR count). The first-order valence-electron chi connectivity index (χ1n) is 7.34. The molecule has 3 nitrogen and oxygen atoms in total. The van der Waals surface area contributed by atoms with Crippen molar-refractivity contribution in [2.75, 3.05) is 19.8 Å². The minimum Gasteiger partial charge on any atom is -0.370 e. The molecule has 114 valence electrons. The minimum absolute atomic E-state index is 0.166. The molecular formula is C15H26O3SSi. The summed E-state index contributed by atoms with van der Waals surface area (Å²) in [6, 6.07) is 8.19. The molecule has 0 amide bonds. The molecule has 0 aliphatic carbocycles. The summed E-state index contributed by atoms with van der Waals surface area (Å²) < 4.78 is 18.0. The summed E-state index contributed by atoms with van der Waals surface area (Å²) >= 11 is 4.68. The fraction of sp³-hybridized carbons (Fsp3) is 0.600. The number of benzene rings is 1. The predicted octanol–water partition coefficient (Wildman–Crippen LogP) is 3.32. The lowest BCUT2D eigenvalue weighted by Crippen LogP contribution is -2.58. The van der Waals surface area contributed by atoms with Gasteiger partial charge in [0, 0.05) is 30.3 Å². The van der Waals surface area contributed by atoms with E-state index in [1.165, 1.54) is 0 Å². The van der Waals surface area contributed by atoms with Crippen LogP contribution in [-0.2, 0) is 13.3 Å². The van der Waals surface area contributed by atoms with E-state index in [0.29, 0.717) is 19.8 Å². The number of hydrogen-bond donors (Lipinski definition) is 1. The third-order valence-corrected chi connectivity index (χ3v) is 6.80. The molecule has 1 unspecified atom stereocenters. The first-order valence-corrected chi connectivity index (χ1v) is 9.58. The highest BCUT2D eigenvalue weighted by atomic mass is 32.1. The molecule has 20 heavy (non-hydrogen) atoms. The molecule has 5 heteroatoms. The van der Waals surface area contributed by atoms with Crippen LogP contribution in [0, 0.1) is 0 Å². The van der Waals surface area contributed by atoms with Gasteiger partial charge in [0.1, 0.15) is 0 Å². The van der Waals surface area contributed by atoms with Gasteiger partial charge < -0.3 is 13.3 Å². The standard InChI is InChI=1S/C15H26O3SSi/c1-5-14(19)13-11-9-10-12-15(13)20(16-6-2,17-7-3)18-8-4/h9-12,14,19H,5-8H2,1-4H3. The van der Waals surface area contributed by atoms with Crippen LogP contribution in [0.15, 0.2) is 24.3 Å². The van der Waals surface area contributed by atoms with Crippen molar-refractivity contribution in [2.45, 2.75) is 39.4 Å². The molecule has 0 fully saturated rings. The molecular weight excluding hydrogens is 288 g/mol. The second-order valence-electron chi connectivity index (χ2n) is 4.37. The highest BCUT2D eigenvalue weighted by molar-refractivity contribution is 7.80. The molecule has 0 aliphatic rings. The SMILES string of the molecule is CCO[Si](OCC)(OCC)c1ccccc1C(S)CC. The summed E-state index contributed by atoms with van der Waals surface area (Å²) in [6.45, 7) is 9.76. The normalized spacial score (nSPS) is 13.4. The number of hydrogen-bond acceptors (Lipinski definition) is 4. The van der Waals surface area contributed by atoms with E-state index in [1.54, 1.807) is 0 Å². The summed E-state index contributed by atoms with van der Waals surface area (Å²) in [5.74, 6) is 0. The lowest BCUT2D eigenvalue weighted by Gasteiger charge is -2.31. The molecule has 0 spiro atoms. The van der Waals surface area contributed by atoms with Gasteiger partial charge in [0.25, 0.3) is 0 Å². The van der Waals surface area contributed by atoms with Crippen LogP contribution in [0.1, 0.15) is 44.9 Å². The van der Waals surface area contributed by atoms with Gasteiger partial charge in [-0.25, -0.2) is 0 Å². The lowest BCUT2D eigenvalue weighted by molar-refractivity contribution is 0.0857. The fourth-order valence-electron chi connectivity index (χ4n) is 2.21. The average Bonchev–Trinajstić information content (AvgIpc) is 2.47. The van der Waals surface area contributed by atoms with Crippen LogP contribution in [0.4, 0.5) is 0 Å². The van der Waals surface area contributed by atoms with Gasteiger partial charge in [-0.15, -0.1) is 0 Å². The molecule has 0 bridgehead atoms. The highest BCUT2D eigenvalue weighted by Crippen LogP contribution is 2.25. The Morgan fingerprint density at radius 2 is 1.45 bits per heavy atom. The van der Waals surface area contributed by atoms with Crippen molar-refractivity contribution >= 4 is 26.6 Å². The Labute approximate surface area is 129 Å². The minimum atomic E-state index is -2.84. The van der Waals surface area contributed by atoms with Crippen molar-refractivity contribution in [3.05, 3.63) is 29.8 Å². The zero-order valence-electron chi connectivity index (χ0n) is 12.9. The van der Waals surface area contributed by atoms with Gasteiger partial charge in [-0.3, -0.25) is 0 Å². The summed E-state index contributed by atoms with van der Waals surface area (Å²) in [7, 11) is -2.84. The van der Waals surface area contributed by atoms with Crippen LogP contribution in [-0.4, -0.2) is 28.6 Å². The van der Waals surface area contributed by atoms with E-state index in [9.17, 15) is 0 Å². The summed E-state index contributed by atoms with van der Waals surface area (Å²) in [5, 5.41) is 1.21. The number of thiol groups is 1. The van der Waals surface area contributed by atoms with E-state index in [2.05, 4.69) is 31.7 Å². The topological polar surface area (TPSA) is 27.7 Å². The molecule has 0 aliphatic heterocycles. The molecule has 1 aromatic carbocycles. The van der Waals surface area contributed by atoms with Gasteiger partial charge in [0.2, 0.25) is 0 Å². The maximum atomic E-state index is 5.99. The van der Waals surface area contributed by atoms with E-state index >= 15 is 0 Å². The zero-order valence-corrected chi connectivity index (χ0v) is 14.8. The van der Waals surface area contributed by atoms with Crippen LogP contribution in [0.25, 0.3) is 0 Å². The maximum Gasteiger partial charge on any atom is 0.537 e. The van der Waals surface area contributed by atoms with Crippen LogP contribution in [0.2, 0.25) is 0 Å². The molecule has 0 saturated heterocycles. The monoisotopic (exact) mass is 314 g/mol. The Bertz CT molecular complexity index is 383. The highest BCUT2D eigenvalue weighted by Gasteiger charge is 2.45. The lowest BCUT2D eigenvalue weighted by atomic mass is 10.1. The molecule has 0 saturated carbocycles. The molecule has 0 heterocycles. The maximum absolute atomic E-state index is 5.99. The van der Waals surface area contributed by atoms with Crippen molar-refractivity contribution < 1.29 is 13.3 Å². The Balaban J connectivity index is 3.31. The molecule has 1 atom stereocenters. The smallest absolute Gasteiger partial charge is 0.370 e. The van der Waals surface area contributed by atoms with Gasteiger partial charge in [0.15, 0.2) is 0 Å². The summed E-state index contributed by atoms with van der Waals surface area (Å²) in [5.41, 5.74) is 1.15. The fourth-order valence-corrected chi connectivity index (χ4v) is 5.33. The van der Waals surface area contributed by atoms with E-state index in [-0.39, 0.29) is 5.25 Å². The van der Waals surface area contributed by atoms with Crippen LogP contribution in [0.5, 0.6) is 0 Å². The molecule has 0 aromatic heterocycles. The van der Waals surface area contributed by atoms with E-state index in [0.717, 1.165) is 17.2 Å². The second-order valence-corrected chi connectivity index (χ2v) is 7.51. The quantitative estimate of drug-likeness (QED) is 0.560. The van der Waals surface area contributed by atoms with Gasteiger partial charge in [-0.2, -0.15) is 12.6 Å². The van der Waals surface area contributed by atoms with E-state index in [4.69, 9.17) is 13.3 Å². The van der Waals surface area contributed by atoms with Crippen molar-refractivity contribution in [3.8, 4) is 0 Å². The van der Waals surface area contributed by atoms with Crippen molar-refractivity contribution in [3.63, 3.8) is 0 Å². The van der Waals surface area contributed by atoms with Gasteiger partial charge >= 0.3 is 8.80 Å². The van der Waals surface area contributed by atoms with Crippen molar-refractivity contribution in [1.82, 2.24) is 0 Å². The Hall–Kier alpha value is -0.333. The Kier molecular flexibility index (Phi) is 7.83.